The third-order valence-electron chi connectivity index (χ3n) is 5.17. The third kappa shape index (κ3) is 9.03. The number of carbonyl (C=O) groups excluding carboxylic acids is 2. The number of benzene rings is 1. The Morgan fingerprint density at radius 2 is 1.80 bits per heavy atom. The van der Waals surface area contributed by atoms with Gasteiger partial charge in [0, 0.05) is 13.6 Å². The molecule has 0 aliphatic heterocycles. The monoisotopic (exact) mass is 420 g/mol. The van der Waals surface area contributed by atoms with Crippen LogP contribution in [-0.4, -0.2) is 53.5 Å². The average molecular weight is 421 g/mol. The molecule has 2 amide bonds. The molecule has 1 atom stereocenters. The Labute approximate surface area is 179 Å². The smallest absolute Gasteiger partial charge is 0.409 e. The molecule has 0 aromatic heterocycles. The molecular formula is C23H36N2O5. The summed E-state index contributed by atoms with van der Waals surface area (Å²) in [7, 11) is 1.67. The molecule has 0 radical (unpaired) electrons. The normalized spacial score (nSPS) is 20.2. The first kappa shape index (κ1) is 24.0. The number of likely N-dealkylation sites (N-methyl/N-ethyl adjacent to an activating group) is 1. The molecule has 0 heterocycles. The van der Waals surface area contributed by atoms with E-state index in [9.17, 15) is 14.7 Å². The van der Waals surface area contributed by atoms with Crippen molar-refractivity contribution in [2.75, 3.05) is 13.6 Å². The SMILES string of the molecule is CN(C[C@H](C[C@H]1CC[C@H](O)CC1)NC(=O)OC(C)(C)C)C(=O)OCc1ccccc1. The maximum atomic E-state index is 12.4. The average Bonchev–Trinajstić information content (AvgIpc) is 2.67. The summed E-state index contributed by atoms with van der Waals surface area (Å²) in [6.07, 6.45) is 2.95. The number of hydrogen-bond acceptors (Lipinski definition) is 5. The van der Waals surface area contributed by atoms with Crippen LogP contribution in [0.1, 0.15) is 58.4 Å². The molecule has 2 rings (SSSR count). The number of nitrogens with one attached hydrogen (secondary N) is 1. The van der Waals surface area contributed by atoms with Crippen LogP contribution in [0, 0.1) is 5.92 Å². The molecule has 168 valence electrons. The van der Waals surface area contributed by atoms with Crippen LogP contribution >= 0.6 is 0 Å². The summed E-state index contributed by atoms with van der Waals surface area (Å²) in [4.78, 5) is 26.2. The van der Waals surface area contributed by atoms with Gasteiger partial charge in [0.25, 0.3) is 0 Å². The fourth-order valence-electron chi connectivity index (χ4n) is 3.67. The van der Waals surface area contributed by atoms with Crippen LogP contribution in [0.15, 0.2) is 30.3 Å². The molecule has 0 spiro atoms. The molecule has 2 N–H and O–H groups in total. The number of ether oxygens (including phenoxy) is 2. The van der Waals surface area contributed by atoms with E-state index in [-0.39, 0.29) is 18.8 Å². The van der Waals surface area contributed by atoms with E-state index in [4.69, 9.17) is 9.47 Å². The maximum Gasteiger partial charge on any atom is 0.409 e. The largest absolute Gasteiger partial charge is 0.445 e. The second-order valence-electron chi connectivity index (χ2n) is 9.17. The van der Waals surface area contributed by atoms with Crippen molar-refractivity contribution in [1.82, 2.24) is 10.2 Å². The van der Waals surface area contributed by atoms with Crippen molar-refractivity contribution in [2.24, 2.45) is 5.92 Å². The van der Waals surface area contributed by atoms with Crippen molar-refractivity contribution in [3.05, 3.63) is 35.9 Å². The summed E-state index contributed by atoms with van der Waals surface area (Å²) >= 11 is 0. The molecule has 0 saturated heterocycles. The number of aliphatic hydroxyl groups is 1. The quantitative estimate of drug-likeness (QED) is 0.694. The topological polar surface area (TPSA) is 88.1 Å². The van der Waals surface area contributed by atoms with Crippen molar-refractivity contribution >= 4 is 12.2 Å². The second kappa shape index (κ2) is 11.2. The van der Waals surface area contributed by atoms with Gasteiger partial charge in [-0.25, -0.2) is 9.59 Å². The van der Waals surface area contributed by atoms with Gasteiger partial charge >= 0.3 is 12.2 Å². The Morgan fingerprint density at radius 3 is 2.40 bits per heavy atom. The van der Waals surface area contributed by atoms with Crippen molar-refractivity contribution in [3.8, 4) is 0 Å². The molecule has 1 aromatic rings. The molecule has 7 heteroatoms. The molecule has 1 aromatic carbocycles. The van der Waals surface area contributed by atoms with E-state index in [0.717, 1.165) is 37.7 Å². The number of rotatable bonds is 7. The summed E-state index contributed by atoms with van der Waals surface area (Å²) in [5.41, 5.74) is 0.327. The molecule has 1 saturated carbocycles. The minimum absolute atomic E-state index is 0.203. The number of aliphatic hydroxyl groups excluding tert-OH is 1. The van der Waals surface area contributed by atoms with E-state index in [1.54, 1.807) is 7.05 Å². The van der Waals surface area contributed by atoms with Gasteiger partial charge in [0.15, 0.2) is 0 Å². The number of hydrogen-bond donors (Lipinski definition) is 2. The fraction of sp³-hybridized carbons (Fsp3) is 0.652. The van der Waals surface area contributed by atoms with Gasteiger partial charge in [-0.1, -0.05) is 30.3 Å². The number of nitrogens with zero attached hydrogens (tertiary/aromatic N) is 1. The predicted octanol–water partition coefficient (Wildman–Crippen LogP) is 4.09. The highest BCUT2D eigenvalue weighted by atomic mass is 16.6. The van der Waals surface area contributed by atoms with Crippen LogP contribution in [0.2, 0.25) is 0 Å². The van der Waals surface area contributed by atoms with Crippen LogP contribution < -0.4 is 5.32 Å². The van der Waals surface area contributed by atoms with Crippen molar-refractivity contribution in [1.29, 1.82) is 0 Å². The molecule has 0 bridgehead atoms. The van der Waals surface area contributed by atoms with Gasteiger partial charge in [0.2, 0.25) is 0 Å². The lowest BCUT2D eigenvalue weighted by Gasteiger charge is -2.31. The van der Waals surface area contributed by atoms with E-state index in [1.165, 1.54) is 4.90 Å². The molecule has 30 heavy (non-hydrogen) atoms. The summed E-state index contributed by atoms with van der Waals surface area (Å²) in [5, 5.41) is 12.7. The van der Waals surface area contributed by atoms with Crippen LogP contribution in [0.4, 0.5) is 9.59 Å². The van der Waals surface area contributed by atoms with Gasteiger partial charge < -0.3 is 24.8 Å². The molecule has 0 unspecified atom stereocenters. The molecular weight excluding hydrogens is 384 g/mol. The summed E-state index contributed by atoms with van der Waals surface area (Å²) < 4.78 is 10.8. The Balaban J connectivity index is 1.92. The predicted molar refractivity (Wildman–Crippen MR) is 115 cm³/mol. The lowest BCUT2D eigenvalue weighted by molar-refractivity contribution is 0.0462. The molecule has 1 aliphatic carbocycles. The fourth-order valence-corrected chi connectivity index (χ4v) is 3.67. The summed E-state index contributed by atoms with van der Waals surface area (Å²) in [6, 6.07) is 9.25. The minimum Gasteiger partial charge on any atom is -0.445 e. The highest BCUT2D eigenvalue weighted by Crippen LogP contribution is 2.28. The zero-order valence-corrected chi connectivity index (χ0v) is 18.6. The van der Waals surface area contributed by atoms with Crippen LogP contribution in [0.25, 0.3) is 0 Å². The van der Waals surface area contributed by atoms with Crippen molar-refractivity contribution in [2.45, 2.75) is 77.2 Å². The lowest BCUT2D eigenvalue weighted by Crippen LogP contribution is -2.47. The molecule has 7 nitrogen and oxygen atoms in total. The number of amides is 2. The lowest BCUT2D eigenvalue weighted by atomic mass is 9.83. The Bertz CT molecular complexity index is 666. The van der Waals surface area contributed by atoms with E-state index in [1.807, 2.05) is 51.1 Å². The Morgan fingerprint density at radius 1 is 1.17 bits per heavy atom. The van der Waals surface area contributed by atoms with Crippen molar-refractivity contribution in [3.63, 3.8) is 0 Å². The maximum absolute atomic E-state index is 12.4. The van der Waals surface area contributed by atoms with Crippen molar-refractivity contribution < 1.29 is 24.2 Å². The van der Waals surface area contributed by atoms with Gasteiger partial charge in [-0.15, -0.1) is 0 Å². The van der Waals surface area contributed by atoms with E-state index in [2.05, 4.69) is 5.32 Å². The van der Waals surface area contributed by atoms with Gasteiger partial charge in [-0.2, -0.15) is 0 Å². The number of alkyl carbamates (subject to hydrolysis) is 1. The van der Waals surface area contributed by atoms with Crippen LogP contribution in [-0.2, 0) is 16.1 Å². The highest BCUT2D eigenvalue weighted by Gasteiger charge is 2.27. The molecule has 1 fully saturated rings. The summed E-state index contributed by atoms with van der Waals surface area (Å²) in [6.45, 7) is 5.98. The minimum atomic E-state index is -0.593. The third-order valence-corrected chi connectivity index (χ3v) is 5.17. The first-order valence-corrected chi connectivity index (χ1v) is 10.7. The zero-order chi connectivity index (χ0) is 22.1. The van der Waals surface area contributed by atoms with Gasteiger partial charge in [-0.05, 0) is 64.4 Å². The van der Waals surface area contributed by atoms with E-state index in [0.29, 0.717) is 12.5 Å². The Hall–Kier alpha value is -2.28. The first-order chi connectivity index (χ1) is 14.1. The van der Waals surface area contributed by atoms with Crippen LogP contribution in [0.5, 0.6) is 0 Å². The highest BCUT2D eigenvalue weighted by molar-refractivity contribution is 5.69. The number of carbonyl (C=O) groups is 2. The molecule has 1 aliphatic rings. The Kier molecular flexibility index (Phi) is 8.96. The van der Waals surface area contributed by atoms with Gasteiger partial charge in [-0.3, -0.25) is 0 Å². The van der Waals surface area contributed by atoms with Crippen LogP contribution in [0.3, 0.4) is 0 Å². The van der Waals surface area contributed by atoms with Gasteiger partial charge in [0.05, 0.1) is 12.1 Å². The zero-order valence-electron chi connectivity index (χ0n) is 18.6. The standard InChI is InChI=1S/C23H36N2O5/c1-23(2,3)30-21(27)24-19(14-17-10-12-20(26)13-11-17)15-25(4)22(28)29-16-18-8-6-5-7-9-18/h5-9,17,19-20,26H,10-16H2,1-4H3,(H,24,27)/t17-,19-,20-/m0/s1. The van der Waals surface area contributed by atoms with Gasteiger partial charge in [0.1, 0.15) is 12.2 Å². The second-order valence-corrected chi connectivity index (χ2v) is 9.17. The summed E-state index contributed by atoms with van der Waals surface area (Å²) in [5.74, 6) is 0.391. The van der Waals surface area contributed by atoms with E-state index < -0.39 is 17.8 Å². The first-order valence-electron chi connectivity index (χ1n) is 10.7. The van der Waals surface area contributed by atoms with E-state index >= 15 is 0 Å².